The van der Waals surface area contributed by atoms with Crippen molar-refractivity contribution in [1.29, 1.82) is 0 Å². The number of aromatic amines is 1. The zero-order chi connectivity index (χ0) is 18.8. The van der Waals surface area contributed by atoms with E-state index in [0.29, 0.717) is 29.8 Å². The van der Waals surface area contributed by atoms with Crippen LogP contribution in [0.15, 0.2) is 30.3 Å². The fourth-order valence-corrected chi connectivity index (χ4v) is 4.51. The number of benzene rings is 1. The number of nitrogens with zero attached hydrogens (tertiary/aromatic N) is 3. The lowest BCUT2D eigenvalue weighted by molar-refractivity contribution is -0.148. The quantitative estimate of drug-likeness (QED) is 0.841. The smallest absolute Gasteiger partial charge is 0.308 e. The van der Waals surface area contributed by atoms with Crippen molar-refractivity contribution >= 4 is 11.9 Å². The van der Waals surface area contributed by atoms with Gasteiger partial charge in [-0.1, -0.05) is 30.3 Å². The Balaban J connectivity index is 1.46. The van der Waals surface area contributed by atoms with Crippen LogP contribution in [0.4, 0.5) is 0 Å². The Hall–Kier alpha value is -2.70. The molecule has 1 N–H and O–H groups in total. The van der Waals surface area contributed by atoms with Gasteiger partial charge >= 0.3 is 5.97 Å². The number of amides is 1. The highest BCUT2D eigenvalue weighted by Crippen LogP contribution is 2.40. The minimum atomic E-state index is -0.0953. The van der Waals surface area contributed by atoms with E-state index in [1.165, 1.54) is 7.11 Å². The number of hydrogen-bond donors (Lipinski definition) is 1. The summed E-state index contributed by atoms with van der Waals surface area (Å²) >= 11 is 0. The lowest BCUT2D eigenvalue weighted by atomic mass is 9.70. The van der Waals surface area contributed by atoms with Gasteiger partial charge in [-0.15, -0.1) is 0 Å². The third kappa shape index (κ3) is 3.46. The van der Waals surface area contributed by atoms with Crippen molar-refractivity contribution in [1.82, 2.24) is 20.3 Å². The van der Waals surface area contributed by atoms with E-state index in [1.54, 1.807) is 0 Å². The van der Waals surface area contributed by atoms with Crippen molar-refractivity contribution < 1.29 is 14.3 Å². The van der Waals surface area contributed by atoms with Crippen molar-refractivity contribution in [3.63, 3.8) is 0 Å². The molecule has 1 saturated heterocycles. The maximum absolute atomic E-state index is 13.1. The zero-order valence-electron chi connectivity index (χ0n) is 15.4. The molecule has 142 valence electrons. The predicted octanol–water partition coefficient (Wildman–Crippen LogP) is 2.52. The van der Waals surface area contributed by atoms with Crippen molar-refractivity contribution in [2.75, 3.05) is 20.2 Å². The molecule has 7 heteroatoms. The van der Waals surface area contributed by atoms with E-state index < -0.39 is 0 Å². The third-order valence-electron chi connectivity index (χ3n) is 5.98. The van der Waals surface area contributed by atoms with Crippen LogP contribution < -0.4 is 0 Å². The van der Waals surface area contributed by atoms with E-state index in [0.717, 1.165) is 37.8 Å². The fraction of sp³-hybridized carbons (Fsp3) is 0.500. The first kappa shape index (κ1) is 17.7. The molecule has 1 aliphatic carbocycles. The van der Waals surface area contributed by atoms with Crippen molar-refractivity contribution in [3.05, 3.63) is 36.0 Å². The molecule has 7 nitrogen and oxygen atoms in total. The number of H-pyrrole nitrogens is 1. The zero-order valence-corrected chi connectivity index (χ0v) is 15.4. The number of methoxy groups -OCH3 is 1. The molecule has 2 fully saturated rings. The molecular weight excluding hydrogens is 344 g/mol. The first-order chi connectivity index (χ1) is 13.2. The maximum Gasteiger partial charge on any atom is 0.308 e. The van der Waals surface area contributed by atoms with Crippen LogP contribution in [0.5, 0.6) is 0 Å². The number of nitrogens with one attached hydrogen (secondary N) is 1. The molecular formula is C20H24N4O3. The Morgan fingerprint density at radius 2 is 1.93 bits per heavy atom. The average molecular weight is 368 g/mol. The Morgan fingerprint density at radius 3 is 2.70 bits per heavy atom. The van der Waals surface area contributed by atoms with Gasteiger partial charge in [0.1, 0.15) is 5.69 Å². The molecule has 4 rings (SSSR count). The highest BCUT2D eigenvalue weighted by atomic mass is 16.5. The molecule has 1 aromatic carbocycles. The summed E-state index contributed by atoms with van der Waals surface area (Å²) in [7, 11) is 1.46. The SMILES string of the molecule is COC(=O)C1CCC2CN(C(=O)c3n[nH]nc3-c3ccccc3)CCC2C1. The fourth-order valence-electron chi connectivity index (χ4n) is 4.51. The summed E-state index contributed by atoms with van der Waals surface area (Å²) in [6.07, 6.45) is 3.59. The number of likely N-dealkylation sites (tertiary alicyclic amines) is 1. The maximum atomic E-state index is 13.1. The minimum absolute atomic E-state index is 0.0127. The lowest BCUT2D eigenvalue weighted by Crippen LogP contribution is -2.46. The van der Waals surface area contributed by atoms with E-state index in [4.69, 9.17) is 4.74 Å². The van der Waals surface area contributed by atoms with Crippen molar-refractivity contribution in [3.8, 4) is 11.3 Å². The van der Waals surface area contributed by atoms with Gasteiger partial charge < -0.3 is 9.64 Å². The molecule has 2 aliphatic rings. The minimum Gasteiger partial charge on any atom is -0.469 e. The Morgan fingerprint density at radius 1 is 1.11 bits per heavy atom. The summed E-state index contributed by atoms with van der Waals surface area (Å²) < 4.78 is 4.91. The van der Waals surface area contributed by atoms with Gasteiger partial charge in [0, 0.05) is 18.7 Å². The molecule has 0 spiro atoms. The number of fused-ring (bicyclic) bond motifs is 1. The van der Waals surface area contributed by atoms with Gasteiger partial charge in [0.15, 0.2) is 5.69 Å². The van der Waals surface area contributed by atoms with Gasteiger partial charge in [-0.05, 0) is 37.5 Å². The number of hydrogen-bond acceptors (Lipinski definition) is 5. The van der Waals surface area contributed by atoms with Gasteiger partial charge in [0.05, 0.1) is 13.0 Å². The monoisotopic (exact) mass is 368 g/mol. The van der Waals surface area contributed by atoms with E-state index in [-0.39, 0.29) is 17.8 Å². The molecule has 0 bridgehead atoms. The summed E-state index contributed by atoms with van der Waals surface area (Å²) in [5, 5.41) is 10.9. The molecule has 1 aliphatic heterocycles. The highest BCUT2D eigenvalue weighted by Gasteiger charge is 2.39. The van der Waals surface area contributed by atoms with Crippen molar-refractivity contribution in [2.24, 2.45) is 17.8 Å². The number of rotatable bonds is 3. The Bertz CT molecular complexity index is 820. The van der Waals surface area contributed by atoms with E-state index in [9.17, 15) is 9.59 Å². The van der Waals surface area contributed by atoms with Crippen LogP contribution in [-0.4, -0.2) is 52.4 Å². The molecule has 2 aromatic rings. The first-order valence-corrected chi connectivity index (χ1v) is 9.50. The van der Waals surface area contributed by atoms with Crippen LogP contribution >= 0.6 is 0 Å². The van der Waals surface area contributed by atoms with Gasteiger partial charge in [0.25, 0.3) is 5.91 Å². The molecule has 0 radical (unpaired) electrons. The first-order valence-electron chi connectivity index (χ1n) is 9.50. The van der Waals surface area contributed by atoms with Gasteiger partial charge in [-0.25, -0.2) is 0 Å². The molecule has 27 heavy (non-hydrogen) atoms. The number of carbonyl (C=O) groups excluding carboxylic acids is 2. The van der Waals surface area contributed by atoms with Gasteiger partial charge in [-0.2, -0.15) is 15.4 Å². The number of esters is 1. The molecule has 1 aromatic heterocycles. The molecule has 2 heterocycles. The lowest BCUT2D eigenvalue weighted by Gasteiger charge is -2.42. The second-order valence-electron chi connectivity index (χ2n) is 7.48. The second-order valence-corrected chi connectivity index (χ2v) is 7.48. The van der Waals surface area contributed by atoms with E-state index in [2.05, 4.69) is 15.4 Å². The van der Waals surface area contributed by atoms with Crippen LogP contribution in [0, 0.1) is 17.8 Å². The largest absolute Gasteiger partial charge is 0.469 e. The Labute approximate surface area is 158 Å². The molecule has 1 amide bonds. The molecule has 3 atom stereocenters. The summed E-state index contributed by atoms with van der Waals surface area (Å²) in [5.74, 6) is 0.769. The van der Waals surface area contributed by atoms with E-state index >= 15 is 0 Å². The van der Waals surface area contributed by atoms with Crippen molar-refractivity contribution in [2.45, 2.75) is 25.7 Å². The van der Waals surface area contributed by atoms with Crippen LogP contribution in [0.2, 0.25) is 0 Å². The number of carbonyl (C=O) groups is 2. The van der Waals surface area contributed by atoms with Crippen LogP contribution in [-0.2, 0) is 9.53 Å². The Kier molecular flexibility index (Phi) is 4.92. The summed E-state index contributed by atoms with van der Waals surface area (Å²) in [6, 6.07) is 9.62. The van der Waals surface area contributed by atoms with Crippen LogP contribution in [0.25, 0.3) is 11.3 Å². The topological polar surface area (TPSA) is 88.2 Å². The average Bonchev–Trinajstić information content (AvgIpc) is 3.22. The summed E-state index contributed by atoms with van der Waals surface area (Å²) in [5.41, 5.74) is 1.85. The highest BCUT2D eigenvalue weighted by molar-refractivity contribution is 5.97. The summed E-state index contributed by atoms with van der Waals surface area (Å²) in [4.78, 5) is 26.8. The normalized spacial score (nSPS) is 24.9. The van der Waals surface area contributed by atoms with Crippen LogP contribution in [0.3, 0.4) is 0 Å². The van der Waals surface area contributed by atoms with Crippen LogP contribution in [0.1, 0.15) is 36.2 Å². The number of piperidine rings is 1. The van der Waals surface area contributed by atoms with E-state index in [1.807, 2.05) is 35.2 Å². The van der Waals surface area contributed by atoms with Gasteiger partial charge in [-0.3, -0.25) is 9.59 Å². The predicted molar refractivity (Wildman–Crippen MR) is 98.7 cm³/mol. The standard InChI is InChI=1S/C20H24N4O3/c1-27-20(26)15-7-8-16-12-24(10-9-14(16)11-15)19(25)18-17(21-23-22-18)13-5-3-2-4-6-13/h2-6,14-16H,7-12H2,1H3,(H,21,22,23). The van der Waals surface area contributed by atoms with Gasteiger partial charge in [0.2, 0.25) is 0 Å². The molecule has 3 unspecified atom stereocenters. The number of ether oxygens (including phenoxy) is 1. The molecule has 1 saturated carbocycles. The third-order valence-corrected chi connectivity index (χ3v) is 5.98. The number of aromatic nitrogens is 3. The summed E-state index contributed by atoms with van der Waals surface area (Å²) in [6.45, 7) is 1.41. The second kappa shape index (κ2) is 7.50.